The Morgan fingerprint density at radius 1 is 1.45 bits per heavy atom. The summed E-state index contributed by atoms with van der Waals surface area (Å²) in [6, 6.07) is 4.94. The third kappa shape index (κ3) is 3.33. The van der Waals surface area contributed by atoms with E-state index in [1.807, 2.05) is 13.8 Å². The van der Waals surface area contributed by atoms with Crippen molar-refractivity contribution < 1.29 is 18.3 Å². The molecular weight excluding hydrogens is 264 g/mol. The fourth-order valence-electron chi connectivity index (χ4n) is 2.29. The van der Waals surface area contributed by atoms with Crippen LogP contribution in [0.5, 0.6) is 0 Å². The van der Waals surface area contributed by atoms with Crippen molar-refractivity contribution >= 4 is 6.41 Å². The molecule has 1 aliphatic heterocycles. The summed E-state index contributed by atoms with van der Waals surface area (Å²) in [6.07, 6.45) is 0.469. The lowest BCUT2D eigenvalue weighted by Crippen LogP contribution is -2.39. The molecule has 1 aliphatic rings. The molecule has 0 fully saturated rings. The maximum atomic E-state index is 14.0. The highest BCUT2D eigenvalue weighted by molar-refractivity contribution is 5.50. The summed E-state index contributed by atoms with van der Waals surface area (Å²) in [5.41, 5.74) is 1.26. The fourth-order valence-corrected chi connectivity index (χ4v) is 2.29. The van der Waals surface area contributed by atoms with Crippen LogP contribution in [-0.4, -0.2) is 24.5 Å². The van der Waals surface area contributed by atoms with Gasteiger partial charge in [-0.1, -0.05) is 26.0 Å². The van der Waals surface area contributed by atoms with Crippen LogP contribution in [-0.2, 0) is 28.6 Å². The van der Waals surface area contributed by atoms with Crippen molar-refractivity contribution in [3.63, 3.8) is 0 Å². The number of hydrogen-bond donors (Lipinski definition) is 0. The zero-order chi connectivity index (χ0) is 14.8. The van der Waals surface area contributed by atoms with Gasteiger partial charge in [-0.25, -0.2) is 0 Å². The van der Waals surface area contributed by atoms with E-state index in [0.29, 0.717) is 31.1 Å². The lowest BCUT2D eigenvalue weighted by molar-refractivity contribution is -0.127. The first kappa shape index (κ1) is 14.9. The van der Waals surface area contributed by atoms with Gasteiger partial charge in [-0.15, -0.1) is 0 Å². The molecule has 0 N–H and O–H groups in total. The van der Waals surface area contributed by atoms with E-state index < -0.39 is 12.5 Å². The molecule has 0 bridgehead atoms. The van der Waals surface area contributed by atoms with Crippen LogP contribution in [0.2, 0.25) is 0 Å². The standard InChI is InChI=1S/C15H19F2NO2/c1-11(2)7-20-8-12-3-4-13-6-18(10-19)9-15(16,17)14(13)5-12/h3-5,10-11H,6-9H2,1-2H3. The molecule has 110 valence electrons. The maximum Gasteiger partial charge on any atom is 0.290 e. The minimum absolute atomic E-state index is 0.0150. The minimum Gasteiger partial charge on any atom is -0.377 e. The first-order valence-corrected chi connectivity index (χ1v) is 6.69. The van der Waals surface area contributed by atoms with Gasteiger partial charge in [-0.05, 0) is 23.1 Å². The number of hydrogen-bond acceptors (Lipinski definition) is 2. The molecule has 0 aromatic heterocycles. The Labute approximate surface area is 117 Å². The Balaban J connectivity index is 2.16. The van der Waals surface area contributed by atoms with Gasteiger partial charge >= 0.3 is 0 Å². The van der Waals surface area contributed by atoms with Gasteiger partial charge in [0, 0.05) is 18.7 Å². The van der Waals surface area contributed by atoms with E-state index in [4.69, 9.17) is 4.74 Å². The summed E-state index contributed by atoms with van der Waals surface area (Å²) < 4.78 is 33.5. The summed E-state index contributed by atoms with van der Waals surface area (Å²) in [4.78, 5) is 11.8. The highest BCUT2D eigenvalue weighted by Crippen LogP contribution is 2.36. The van der Waals surface area contributed by atoms with Crippen molar-refractivity contribution in [3.8, 4) is 0 Å². The van der Waals surface area contributed by atoms with E-state index in [-0.39, 0.29) is 12.1 Å². The molecule has 1 heterocycles. The largest absolute Gasteiger partial charge is 0.377 e. The number of alkyl halides is 2. The number of fused-ring (bicyclic) bond motifs is 1. The Kier molecular flexibility index (Phi) is 4.38. The number of carbonyl (C=O) groups excluding carboxylic acids is 1. The van der Waals surface area contributed by atoms with Crippen LogP contribution in [0.15, 0.2) is 18.2 Å². The Hall–Kier alpha value is -1.49. The molecule has 0 radical (unpaired) electrons. The number of ether oxygens (including phenoxy) is 1. The van der Waals surface area contributed by atoms with Crippen molar-refractivity contribution in [2.45, 2.75) is 32.9 Å². The van der Waals surface area contributed by atoms with Crippen LogP contribution in [0, 0.1) is 5.92 Å². The van der Waals surface area contributed by atoms with E-state index in [9.17, 15) is 13.6 Å². The van der Waals surface area contributed by atoms with E-state index >= 15 is 0 Å². The smallest absolute Gasteiger partial charge is 0.290 e. The second kappa shape index (κ2) is 5.87. The van der Waals surface area contributed by atoms with Gasteiger partial charge in [0.25, 0.3) is 5.92 Å². The zero-order valence-electron chi connectivity index (χ0n) is 11.7. The molecule has 1 aromatic carbocycles. The van der Waals surface area contributed by atoms with E-state index in [1.54, 1.807) is 12.1 Å². The van der Waals surface area contributed by atoms with Gasteiger partial charge in [0.15, 0.2) is 0 Å². The molecule has 2 rings (SSSR count). The number of halogens is 2. The quantitative estimate of drug-likeness (QED) is 0.778. The molecule has 1 aromatic rings. The van der Waals surface area contributed by atoms with Crippen molar-refractivity contribution in [2.75, 3.05) is 13.2 Å². The third-order valence-corrected chi connectivity index (χ3v) is 3.21. The molecular formula is C15H19F2NO2. The number of rotatable bonds is 5. The van der Waals surface area contributed by atoms with Crippen LogP contribution in [0.3, 0.4) is 0 Å². The SMILES string of the molecule is CC(C)COCc1ccc2c(c1)C(F)(F)CN(C=O)C2. The van der Waals surface area contributed by atoms with Crippen molar-refractivity contribution in [3.05, 3.63) is 34.9 Å². The van der Waals surface area contributed by atoms with Crippen LogP contribution < -0.4 is 0 Å². The third-order valence-electron chi connectivity index (χ3n) is 3.21. The molecule has 1 amide bonds. The van der Waals surface area contributed by atoms with Crippen LogP contribution >= 0.6 is 0 Å². The van der Waals surface area contributed by atoms with Gasteiger partial charge in [0.2, 0.25) is 6.41 Å². The number of nitrogens with zero attached hydrogens (tertiary/aromatic N) is 1. The van der Waals surface area contributed by atoms with E-state index in [2.05, 4.69) is 0 Å². The summed E-state index contributed by atoms with van der Waals surface area (Å²) in [5.74, 6) is -2.59. The van der Waals surface area contributed by atoms with Gasteiger partial charge in [-0.3, -0.25) is 4.79 Å². The maximum absolute atomic E-state index is 14.0. The molecule has 3 nitrogen and oxygen atoms in total. The molecule has 5 heteroatoms. The predicted molar refractivity (Wildman–Crippen MR) is 71.3 cm³/mol. The topological polar surface area (TPSA) is 29.5 Å². The molecule has 0 saturated heterocycles. The van der Waals surface area contributed by atoms with Gasteiger partial charge < -0.3 is 9.64 Å². The van der Waals surface area contributed by atoms with Crippen LogP contribution in [0.4, 0.5) is 8.78 Å². The van der Waals surface area contributed by atoms with Gasteiger partial charge in [0.05, 0.1) is 13.2 Å². The number of amides is 1. The highest BCUT2D eigenvalue weighted by Gasteiger charge is 2.39. The molecule has 0 saturated carbocycles. The summed E-state index contributed by atoms with van der Waals surface area (Å²) >= 11 is 0. The normalized spacial score (nSPS) is 17.1. The lowest BCUT2D eigenvalue weighted by atomic mass is 9.95. The number of benzene rings is 1. The predicted octanol–water partition coefficient (Wildman–Crippen LogP) is 2.92. The molecule has 20 heavy (non-hydrogen) atoms. The second-order valence-electron chi connectivity index (χ2n) is 5.62. The fraction of sp³-hybridized carbons (Fsp3) is 0.533. The monoisotopic (exact) mass is 283 g/mol. The van der Waals surface area contributed by atoms with Gasteiger partial charge in [0.1, 0.15) is 0 Å². The van der Waals surface area contributed by atoms with Crippen LogP contribution in [0.1, 0.15) is 30.5 Å². The van der Waals surface area contributed by atoms with Crippen molar-refractivity contribution in [1.82, 2.24) is 4.90 Å². The molecule has 0 spiro atoms. The first-order valence-electron chi connectivity index (χ1n) is 6.69. The average Bonchev–Trinajstić information content (AvgIpc) is 2.38. The van der Waals surface area contributed by atoms with Gasteiger partial charge in [-0.2, -0.15) is 8.78 Å². The minimum atomic E-state index is -3.00. The summed E-state index contributed by atoms with van der Waals surface area (Å²) in [5, 5.41) is 0. The van der Waals surface area contributed by atoms with Crippen LogP contribution in [0.25, 0.3) is 0 Å². The molecule has 0 atom stereocenters. The average molecular weight is 283 g/mol. The summed E-state index contributed by atoms with van der Waals surface area (Å²) in [6.45, 7) is 4.69. The van der Waals surface area contributed by atoms with Crippen molar-refractivity contribution in [1.29, 1.82) is 0 Å². The highest BCUT2D eigenvalue weighted by atomic mass is 19.3. The lowest BCUT2D eigenvalue weighted by Gasteiger charge is -2.32. The first-order chi connectivity index (χ1) is 9.42. The zero-order valence-corrected chi connectivity index (χ0v) is 11.7. The molecule has 0 aliphatic carbocycles. The summed E-state index contributed by atoms with van der Waals surface area (Å²) in [7, 11) is 0. The van der Waals surface area contributed by atoms with E-state index in [0.717, 1.165) is 10.5 Å². The Morgan fingerprint density at radius 2 is 2.20 bits per heavy atom. The number of carbonyl (C=O) groups is 1. The Morgan fingerprint density at radius 3 is 2.85 bits per heavy atom. The van der Waals surface area contributed by atoms with E-state index in [1.165, 1.54) is 6.07 Å². The second-order valence-corrected chi connectivity index (χ2v) is 5.62. The molecule has 0 unspecified atom stereocenters. The van der Waals surface area contributed by atoms with Crippen molar-refractivity contribution in [2.24, 2.45) is 5.92 Å². The Bertz CT molecular complexity index is 489.